The number of rotatable bonds is 2. The van der Waals surface area contributed by atoms with Crippen molar-refractivity contribution in [1.82, 2.24) is 4.57 Å². The predicted octanol–water partition coefficient (Wildman–Crippen LogP) is 6.02. The van der Waals surface area contributed by atoms with Gasteiger partial charge < -0.3 is 9.47 Å². The average molecular weight is 421 g/mol. The Hall–Kier alpha value is -1.17. The summed E-state index contributed by atoms with van der Waals surface area (Å²) in [5, 5.41) is 0.747. The molecule has 0 aliphatic heterocycles. The highest BCUT2D eigenvalue weighted by molar-refractivity contribution is 9.10. The second-order valence-electron chi connectivity index (χ2n) is 5.86. The maximum atomic E-state index is 12.4. The van der Waals surface area contributed by atoms with E-state index in [2.05, 4.69) is 15.9 Å². The minimum absolute atomic E-state index is 0.371. The lowest BCUT2D eigenvalue weighted by Crippen LogP contribution is -2.27. The zero-order valence-electron chi connectivity index (χ0n) is 13.1. The fourth-order valence-corrected chi connectivity index (χ4v) is 2.74. The van der Waals surface area contributed by atoms with Gasteiger partial charge in [0.2, 0.25) is 0 Å². The van der Waals surface area contributed by atoms with Gasteiger partial charge in [-0.25, -0.2) is 4.79 Å². The molecule has 0 atom stereocenters. The van der Waals surface area contributed by atoms with Crippen molar-refractivity contribution < 1.29 is 14.3 Å². The lowest BCUT2D eigenvalue weighted by molar-refractivity contribution is 0.0540. The van der Waals surface area contributed by atoms with Crippen LogP contribution < -0.4 is 4.74 Å². The Morgan fingerprint density at radius 1 is 1.17 bits per heavy atom. The Balaban J connectivity index is 2.57. The molecular weight excluding hydrogens is 405 g/mol. The number of methoxy groups -OCH3 is 1. The van der Waals surface area contributed by atoms with Crippen LogP contribution in [-0.4, -0.2) is 23.4 Å². The highest BCUT2D eigenvalue weighted by atomic mass is 79.9. The molecule has 0 aliphatic rings. The van der Waals surface area contributed by atoms with Crippen LogP contribution in [-0.2, 0) is 4.74 Å². The highest BCUT2D eigenvalue weighted by Gasteiger charge is 2.23. The normalized spacial score (nSPS) is 11.4. The molecule has 1 aromatic carbocycles. The van der Waals surface area contributed by atoms with Crippen molar-refractivity contribution in [1.29, 1.82) is 0 Å². The standard InChI is InChI=1S/C16H16BrCl2NO3/c1-16(2,3)23-15(21)20-8-9(17)5-13(20)10-6-11(18)12(19)7-14(10)22-4/h5-8H,1-4H3. The molecule has 23 heavy (non-hydrogen) atoms. The Morgan fingerprint density at radius 3 is 2.35 bits per heavy atom. The average Bonchev–Trinajstić information content (AvgIpc) is 2.81. The first-order valence-corrected chi connectivity index (χ1v) is 8.32. The lowest BCUT2D eigenvalue weighted by atomic mass is 10.1. The number of carbonyl (C=O) groups is 1. The molecule has 0 bridgehead atoms. The van der Waals surface area contributed by atoms with Gasteiger partial charge in [0, 0.05) is 22.3 Å². The molecule has 1 heterocycles. The first-order valence-electron chi connectivity index (χ1n) is 6.77. The summed E-state index contributed by atoms with van der Waals surface area (Å²) < 4.78 is 12.9. The molecule has 0 saturated carbocycles. The van der Waals surface area contributed by atoms with E-state index in [0.29, 0.717) is 27.1 Å². The monoisotopic (exact) mass is 419 g/mol. The zero-order chi connectivity index (χ0) is 17.4. The molecule has 2 rings (SSSR count). The van der Waals surface area contributed by atoms with E-state index >= 15 is 0 Å². The topological polar surface area (TPSA) is 40.5 Å². The van der Waals surface area contributed by atoms with E-state index in [1.165, 1.54) is 11.7 Å². The SMILES string of the molecule is COc1cc(Cl)c(Cl)cc1-c1cc(Br)cn1C(=O)OC(C)(C)C. The van der Waals surface area contributed by atoms with Gasteiger partial charge in [-0.3, -0.25) is 4.57 Å². The summed E-state index contributed by atoms with van der Waals surface area (Å²) in [6.45, 7) is 5.43. The third-order valence-electron chi connectivity index (χ3n) is 2.90. The van der Waals surface area contributed by atoms with Crippen molar-refractivity contribution in [3.05, 3.63) is 38.9 Å². The largest absolute Gasteiger partial charge is 0.496 e. The van der Waals surface area contributed by atoms with Gasteiger partial charge in [0.25, 0.3) is 0 Å². The fourth-order valence-electron chi connectivity index (χ4n) is 2.00. The van der Waals surface area contributed by atoms with E-state index in [1.54, 1.807) is 24.4 Å². The Kier molecular flexibility index (Phi) is 5.33. The maximum absolute atomic E-state index is 12.4. The molecule has 0 saturated heterocycles. The van der Waals surface area contributed by atoms with Crippen LogP contribution in [0.3, 0.4) is 0 Å². The molecule has 0 unspecified atom stereocenters. The van der Waals surface area contributed by atoms with Gasteiger partial charge in [0.1, 0.15) is 11.4 Å². The van der Waals surface area contributed by atoms with Gasteiger partial charge in [-0.05, 0) is 48.8 Å². The summed E-state index contributed by atoms with van der Waals surface area (Å²) in [6, 6.07) is 5.05. The van der Waals surface area contributed by atoms with Crippen molar-refractivity contribution in [2.75, 3.05) is 7.11 Å². The van der Waals surface area contributed by atoms with Crippen molar-refractivity contribution in [3.63, 3.8) is 0 Å². The molecule has 0 aliphatic carbocycles. The van der Waals surface area contributed by atoms with Crippen LogP contribution in [0.4, 0.5) is 4.79 Å². The number of hydrogen-bond donors (Lipinski definition) is 0. The molecule has 0 amide bonds. The van der Waals surface area contributed by atoms with Crippen LogP contribution in [0.5, 0.6) is 5.75 Å². The maximum Gasteiger partial charge on any atom is 0.419 e. The van der Waals surface area contributed by atoms with Crippen LogP contribution in [0, 0.1) is 0 Å². The summed E-state index contributed by atoms with van der Waals surface area (Å²) in [5.74, 6) is 0.509. The first-order chi connectivity index (χ1) is 10.6. The van der Waals surface area contributed by atoms with E-state index in [0.717, 1.165) is 4.47 Å². The van der Waals surface area contributed by atoms with Crippen molar-refractivity contribution in [2.24, 2.45) is 0 Å². The van der Waals surface area contributed by atoms with Crippen LogP contribution in [0.25, 0.3) is 11.3 Å². The quantitative estimate of drug-likeness (QED) is 0.596. The first kappa shape index (κ1) is 18.2. The van der Waals surface area contributed by atoms with E-state index in [-0.39, 0.29) is 0 Å². The summed E-state index contributed by atoms with van der Waals surface area (Å²) in [6.07, 6.45) is 1.14. The molecule has 0 radical (unpaired) electrons. The second kappa shape index (κ2) is 6.75. The number of hydrogen-bond acceptors (Lipinski definition) is 3. The third-order valence-corrected chi connectivity index (χ3v) is 4.05. The fraction of sp³-hybridized carbons (Fsp3) is 0.312. The van der Waals surface area contributed by atoms with Crippen molar-refractivity contribution in [3.8, 4) is 17.0 Å². The van der Waals surface area contributed by atoms with E-state index in [9.17, 15) is 4.79 Å². The summed E-state index contributed by atoms with van der Waals surface area (Å²) >= 11 is 15.5. The summed E-state index contributed by atoms with van der Waals surface area (Å²) in [4.78, 5) is 12.4. The Labute approximate surface area is 153 Å². The highest BCUT2D eigenvalue weighted by Crippen LogP contribution is 2.38. The van der Waals surface area contributed by atoms with Crippen LogP contribution in [0.1, 0.15) is 20.8 Å². The smallest absolute Gasteiger partial charge is 0.419 e. The zero-order valence-corrected chi connectivity index (χ0v) is 16.2. The van der Waals surface area contributed by atoms with Gasteiger partial charge in [0.05, 0.1) is 22.8 Å². The van der Waals surface area contributed by atoms with E-state index in [1.807, 2.05) is 20.8 Å². The number of benzene rings is 1. The van der Waals surface area contributed by atoms with Crippen LogP contribution >= 0.6 is 39.1 Å². The second-order valence-corrected chi connectivity index (χ2v) is 7.59. The number of ether oxygens (including phenoxy) is 2. The number of nitrogens with zero attached hydrogens (tertiary/aromatic N) is 1. The summed E-state index contributed by atoms with van der Waals surface area (Å²) in [7, 11) is 1.53. The van der Waals surface area contributed by atoms with Crippen LogP contribution in [0.2, 0.25) is 10.0 Å². The van der Waals surface area contributed by atoms with Gasteiger partial charge in [-0.1, -0.05) is 23.2 Å². The molecule has 7 heteroatoms. The molecule has 0 fully saturated rings. The van der Waals surface area contributed by atoms with E-state index in [4.69, 9.17) is 32.7 Å². The van der Waals surface area contributed by atoms with Crippen molar-refractivity contribution in [2.45, 2.75) is 26.4 Å². The third kappa shape index (κ3) is 4.22. The lowest BCUT2D eigenvalue weighted by Gasteiger charge is -2.21. The minimum Gasteiger partial charge on any atom is -0.496 e. The molecular formula is C16H16BrCl2NO3. The molecule has 0 spiro atoms. The van der Waals surface area contributed by atoms with Gasteiger partial charge in [0.15, 0.2) is 0 Å². The molecule has 4 nitrogen and oxygen atoms in total. The Morgan fingerprint density at radius 2 is 1.78 bits per heavy atom. The van der Waals surface area contributed by atoms with Crippen molar-refractivity contribution >= 4 is 45.2 Å². The van der Waals surface area contributed by atoms with E-state index < -0.39 is 11.7 Å². The van der Waals surface area contributed by atoms with Gasteiger partial charge >= 0.3 is 6.09 Å². The van der Waals surface area contributed by atoms with Gasteiger partial charge in [-0.15, -0.1) is 0 Å². The number of carbonyl (C=O) groups excluding carboxylic acids is 1. The molecule has 1 aromatic heterocycles. The predicted molar refractivity (Wildman–Crippen MR) is 95.8 cm³/mol. The Bertz CT molecular complexity index is 751. The van der Waals surface area contributed by atoms with Gasteiger partial charge in [-0.2, -0.15) is 0 Å². The van der Waals surface area contributed by atoms with Crippen LogP contribution in [0.15, 0.2) is 28.9 Å². The summed E-state index contributed by atoms with van der Waals surface area (Å²) in [5.41, 5.74) is 0.618. The number of halogens is 3. The number of aromatic nitrogens is 1. The molecule has 0 N–H and O–H groups in total. The molecule has 2 aromatic rings. The minimum atomic E-state index is -0.604. The molecule has 124 valence electrons.